The van der Waals surface area contributed by atoms with Gasteiger partial charge in [-0.2, -0.15) is 0 Å². The van der Waals surface area contributed by atoms with Crippen molar-refractivity contribution in [2.75, 3.05) is 13.7 Å². The van der Waals surface area contributed by atoms with E-state index in [0.29, 0.717) is 5.92 Å². The van der Waals surface area contributed by atoms with E-state index in [-0.39, 0.29) is 0 Å². The number of aromatic nitrogens is 1. The summed E-state index contributed by atoms with van der Waals surface area (Å²) < 4.78 is 5.06. The number of ether oxygens (including phenoxy) is 1. The van der Waals surface area contributed by atoms with Gasteiger partial charge in [0.2, 0.25) is 0 Å². The summed E-state index contributed by atoms with van der Waals surface area (Å²) in [6, 6.07) is 4.10. The van der Waals surface area contributed by atoms with Crippen LogP contribution in [0, 0.1) is 5.92 Å². The fourth-order valence-corrected chi connectivity index (χ4v) is 1.26. The number of hydrogen-bond acceptors (Lipinski definition) is 2. The van der Waals surface area contributed by atoms with Crippen molar-refractivity contribution < 1.29 is 4.74 Å². The number of rotatable bonds is 4. The Kier molecular flexibility index (Phi) is 3.74. The van der Waals surface area contributed by atoms with Crippen LogP contribution in [-0.2, 0) is 11.2 Å². The first-order chi connectivity index (χ1) is 5.83. The molecular weight excluding hydrogens is 150 g/mol. The predicted molar refractivity (Wildman–Crippen MR) is 49.0 cm³/mol. The Labute approximate surface area is 73.6 Å². The molecule has 0 aromatic carbocycles. The lowest BCUT2D eigenvalue weighted by Gasteiger charge is -2.08. The van der Waals surface area contributed by atoms with Crippen LogP contribution in [0.1, 0.15) is 12.5 Å². The molecule has 0 amide bonds. The van der Waals surface area contributed by atoms with Crippen LogP contribution in [0.3, 0.4) is 0 Å². The van der Waals surface area contributed by atoms with Crippen LogP contribution >= 0.6 is 0 Å². The second-order valence-electron chi connectivity index (χ2n) is 3.12. The minimum atomic E-state index is 0.581. The Morgan fingerprint density at radius 1 is 1.42 bits per heavy atom. The molecule has 1 unspecified atom stereocenters. The second-order valence-corrected chi connectivity index (χ2v) is 3.12. The van der Waals surface area contributed by atoms with Gasteiger partial charge in [-0.1, -0.05) is 6.92 Å². The minimum Gasteiger partial charge on any atom is -0.384 e. The first kappa shape index (κ1) is 9.20. The lowest BCUT2D eigenvalue weighted by Crippen LogP contribution is -2.06. The molecule has 0 bridgehead atoms. The first-order valence-corrected chi connectivity index (χ1v) is 4.20. The average Bonchev–Trinajstić information content (AvgIpc) is 2.06. The molecule has 2 heteroatoms. The van der Waals surface area contributed by atoms with E-state index in [1.165, 1.54) is 5.56 Å². The van der Waals surface area contributed by atoms with E-state index in [1.807, 2.05) is 24.5 Å². The summed E-state index contributed by atoms with van der Waals surface area (Å²) in [6.45, 7) is 3.01. The Morgan fingerprint density at radius 2 is 2.08 bits per heavy atom. The van der Waals surface area contributed by atoms with Crippen LogP contribution in [0.15, 0.2) is 24.5 Å². The van der Waals surface area contributed by atoms with Crippen molar-refractivity contribution in [2.45, 2.75) is 13.3 Å². The first-order valence-electron chi connectivity index (χ1n) is 4.20. The summed E-state index contributed by atoms with van der Waals surface area (Å²) in [6.07, 6.45) is 4.72. The van der Waals surface area contributed by atoms with Gasteiger partial charge in [0, 0.05) is 26.1 Å². The lowest BCUT2D eigenvalue weighted by atomic mass is 10.0. The van der Waals surface area contributed by atoms with Crippen LogP contribution in [0.5, 0.6) is 0 Å². The van der Waals surface area contributed by atoms with Gasteiger partial charge in [0.15, 0.2) is 0 Å². The smallest absolute Gasteiger partial charge is 0.0491 e. The molecule has 0 saturated heterocycles. The third-order valence-electron chi connectivity index (χ3n) is 1.78. The molecule has 1 heterocycles. The monoisotopic (exact) mass is 165 g/mol. The van der Waals surface area contributed by atoms with E-state index in [1.54, 1.807) is 7.11 Å². The number of nitrogens with zero attached hydrogens (tertiary/aromatic N) is 1. The van der Waals surface area contributed by atoms with Crippen LogP contribution in [0.4, 0.5) is 0 Å². The zero-order valence-corrected chi connectivity index (χ0v) is 7.66. The summed E-state index contributed by atoms with van der Waals surface area (Å²) in [5, 5.41) is 0. The molecule has 0 aliphatic carbocycles. The molecule has 2 nitrogen and oxygen atoms in total. The standard InChI is InChI=1S/C10H15NO/c1-9(8-12-2)7-10-3-5-11-6-4-10/h3-6,9H,7-8H2,1-2H3. The quantitative estimate of drug-likeness (QED) is 0.680. The molecule has 66 valence electrons. The summed E-state index contributed by atoms with van der Waals surface area (Å²) in [4.78, 5) is 3.97. The van der Waals surface area contributed by atoms with Crippen molar-refractivity contribution in [3.8, 4) is 0 Å². The Morgan fingerprint density at radius 3 is 2.67 bits per heavy atom. The molecule has 0 aliphatic heterocycles. The van der Waals surface area contributed by atoms with E-state index in [4.69, 9.17) is 4.74 Å². The molecule has 0 aliphatic rings. The van der Waals surface area contributed by atoms with E-state index in [2.05, 4.69) is 11.9 Å². The fourth-order valence-electron chi connectivity index (χ4n) is 1.26. The number of pyridine rings is 1. The topological polar surface area (TPSA) is 22.1 Å². The highest BCUT2D eigenvalue weighted by Gasteiger charge is 2.01. The molecule has 12 heavy (non-hydrogen) atoms. The summed E-state index contributed by atoms with van der Waals surface area (Å²) in [5.74, 6) is 0.581. The van der Waals surface area contributed by atoms with Gasteiger partial charge in [0.1, 0.15) is 0 Å². The van der Waals surface area contributed by atoms with Crippen molar-refractivity contribution in [1.29, 1.82) is 0 Å². The van der Waals surface area contributed by atoms with Gasteiger partial charge in [-0.05, 0) is 30.0 Å². The molecule has 1 aromatic rings. The van der Waals surface area contributed by atoms with E-state index in [0.717, 1.165) is 13.0 Å². The van der Waals surface area contributed by atoms with E-state index >= 15 is 0 Å². The molecule has 0 fully saturated rings. The van der Waals surface area contributed by atoms with Gasteiger partial charge in [0.25, 0.3) is 0 Å². The van der Waals surface area contributed by atoms with Gasteiger partial charge in [-0.3, -0.25) is 4.98 Å². The molecule has 0 saturated carbocycles. The van der Waals surface area contributed by atoms with Gasteiger partial charge in [0.05, 0.1) is 0 Å². The summed E-state index contributed by atoms with van der Waals surface area (Å²) >= 11 is 0. The fraction of sp³-hybridized carbons (Fsp3) is 0.500. The van der Waals surface area contributed by atoms with E-state index < -0.39 is 0 Å². The van der Waals surface area contributed by atoms with Crippen molar-refractivity contribution >= 4 is 0 Å². The second kappa shape index (κ2) is 4.88. The third-order valence-corrected chi connectivity index (χ3v) is 1.78. The normalized spacial score (nSPS) is 12.8. The maximum absolute atomic E-state index is 5.06. The lowest BCUT2D eigenvalue weighted by molar-refractivity contribution is 0.159. The van der Waals surface area contributed by atoms with Crippen LogP contribution in [0.25, 0.3) is 0 Å². The maximum atomic E-state index is 5.06. The minimum absolute atomic E-state index is 0.581. The predicted octanol–water partition coefficient (Wildman–Crippen LogP) is 1.91. The summed E-state index contributed by atoms with van der Waals surface area (Å²) in [5.41, 5.74) is 1.33. The molecular formula is C10H15NO. The zero-order valence-electron chi connectivity index (χ0n) is 7.66. The van der Waals surface area contributed by atoms with Crippen molar-refractivity contribution in [1.82, 2.24) is 4.98 Å². The van der Waals surface area contributed by atoms with Gasteiger partial charge in [-0.15, -0.1) is 0 Å². The third kappa shape index (κ3) is 3.01. The Hall–Kier alpha value is -0.890. The van der Waals surface area contributed by atoms with E-state index in [9.17, 15) is 0 Å². The molecule has 1 atom stereocenters. The van der Waals surface area contributed by atoms with Crippen LogP contribution < -0.4 is 0 Å². The van der Waals surface area contributed by atoms with Crippen molar-refractivity contribution in [2.24, 2.45) is 5.92 Å². The Balaban J connectivity index is 2.41. The van der Waals surface area contributed by atoms with Gasteiger partial charge >= 0.3 is 0 Å². The molecule has 0 N–H and O–H groups in total. The van der Waals surface area contributed by atoms with Crippen LogP contribution in [-0.4, -0.2) is 18.7 Å². The summed E-state index contributed by atoms with van der Waals surface area (Å²) in [7, 11) is 1.74. The molecule has 0 spiro atoms. The highest BCUT2D eigenvalue weighted by Crippen LogP contribution is 2.06. The van der Waals surface area contributed by atoms with Crippen LogP contribution in [0.2, 0.25) is 0 Å². The van der Waals surface area contributed by atoms with Crippen molar-refractivity contribution in [3.63, 3.8) is 0 Å². The number of hydrogen-bond donors (Lipinski definition) is 0. The molecule has 0 radical (unpaired) electrons. The molecule has 1 aromatic heterocycles. The largest absolute Gasteiger partial charge is 0.384 e. The molecule has 1 rings (SSSR count). The zero-order chi connectivity index (χ0) is 8.81. The average molecular weight is 165 g/mol. The maximum Gasteiger partial charge on any atom is 0.0491 e. The number of methoxy groups -OCH3 is 1. The van der Waals surface area contributed by atoms with Gasteiger partial charge in [-0.25, -0.2) is 0 Å². The Bertz CT molecular complexity index is 210. The highest BCUT2D eigenvalue weighted by atomic mass is 16.5. The SMILES string of the molecule is COCC(C)Cc1ccncc1. The van der Waals surface area contributed by atoms with Crippen molar-refractivity contribution in [3.05, 3.63) is 30.1 Å². The highest BCUT2D eigenvalue weighted by molar-refractivity contribution is 5.10. The van der Waals surface area contributed by atoms with Gasteiger partial charge < -0.3 is 4.74 Å².